The molecule has 0 amide bonds. The lowest BCUT2D eigenvalue weighted by Gasteiger charge is -2.28. The van der Waals surface area contributed by atoms with Crippen LogP contribution in [0.2, 0.25) is 0 Å². The van der Waals surface area contributed by atoms with Gasteiger partial charge >= 0.3 is 5.97 Å². The van der Waals surface area contributed by atoms with Gasteiger partial charge in [0, 0.05) is 12.0 Å². The summed E-state index contributed by atoms with van der Waals surface area (Å²) in [6, 6.07) is 1.64. The van der Waals surface area contributed by atoms with Crippen molar-refractivity contribution in [2.75, 3.05) is 14.2 Å². The number of hydrogen-bond acceptors (Lipinski definition) is 7. The van der Waals surface area contributed by atoms with E-state index in [0.29, 0.717) is 24.2 Å². The zero-order valence-electron chi connectivity index (χ0n) is 13.2. The van der Waals surface area contributed by atoms with Crippen LogP contribution < -0.4 is 9.47 Å². The van der Waals surface area contributed by atoms with E-state index in [4.69, 9.17) is 18.9 Å². The fraction of sp³-hybridized carbons (Fsp3) is 0.562. The average Bonchev–Trinajstić information content (AvgIpc) is 2.87. The maximum absolute atomic E-state index is 12.3. The SMILES string of the molecule is COc1cc2c(c(O)c1OC)C(=O)O[C@@H]1C[C@H](C[C@@H](C)O)O[C@H]21. The summed E-state index contributed by atoms with van der Waals surface area (Å²) in [6.45, 7) is 1.69. The predicted octanol–water partition coefficient (Wildman–Crippen LogP) is 1.55. The quantitative estimate of drug-likeness (QED) is 0.811. The third kappa shape index (κ3) is 2.60. The van der Waals surface area contributed by atoms with Crippen molar-refractivity contribution in [3.63, 3.8) is 0 Å². The third-order valence-electron chi connectivity index (χ3n) is 4.22. The lowest BCUT2D eigenvalue weighted by atomic mass is 9.93. The summed E-state index contributed by atoms with van der Waals surface area (Å²) in [5.41, 5.74) is 0.566. The van der Waals surface area contributed by atoms with Gasteiger partial charge in [0.05, 0.1) is 26.4 Å². The van der Waals surface area contributed by atoms with Crippen LogP contribution >= 0.6 is 0 Å². The number of aliphatic hydroxyl groups excluding tert-OH is 1. The number of phenols is 1. The monoisotopic (exact) mass is 324 g/mol. The van der Waals surface area contributed by atoms with Crippen LogP contribution in [0.15, 0.2) is 6.07 Å². The number of phenolic OH excluding ortho intramolecular Hbond substituents is 1. The van der Waals surface area contributed by atoms with Gasteiger partial charge in [0.15, 0.2) is 11.5 Å². The number of esters is 1. The van der Waals surface area contributed by atoms with Crippen molar-refractivity contribution in [1.29, 1.82) is 0 Å². The number of ether oxygens (including phenoxy) is 4. The second-order valence-corrected chi connectivity index (χ2v) is 5.87. The van der Waals surface area contributed by atoms with E-state index in [1.165, 1.54) is 14.2 Å². The van der Waals surface area contributed by atoms with E-state index in [0.717, 1.165) is 0 Å². The predicted molar refractivity (Wildman–Crippen MR) is 78.9 cm³/mol. The topological polar surface area (TPSA) is 94.5 Å². The Morgan fingerprint density at radius 1 is 1.39 bits per heavy atom. The van der Waals surface area contributed by atoms with Gasteiger partial charge in [-0.15, -0.1) is 0 Å². The standard InChI is InChI=1S/C16H20O7/c1-7(17)4-8-5-11-14(22-8)9-6-10(20-2)15(21-3)13(18)12(9)16(19)23-11/h6-8,11,14,17-18H,4-5H2,1-3H3/t7-,8+,11-,14-/m1/s1. The summed E-state index contributed by atoms with van der Waals surface area (Å²) in [4.78, 5) is 12.3. The van der Waals surface area contributed by atoms with Gasteiger partial charge in [-0.2, -0.15) is 0 Å². The molecule has 2 aliphatic heterocycles. The minimum Gasteiger partial charge on any atom is -0.504 e. The van der Waals surface area contributed by atoms with Crippen LogP contribution in [0.5, 0.6) is 17.2 Å². The highest BCUT2D eigenvalue weighted by Crippen LogP contribution is 2.49. The fourth-order valence-electron chi connectivity index (χ4n) is 3.28. The van der Waals surface area contributed by atoms with Crippen molar-refractivity contribution in [2.24, 2.45) is 0 Å². The Balaban J connectivity index is 2.03. The zero-order valence-corrected chi connectivity index (χ0v) is 13.2. The van der Waals surface area contributed by atoms with E-state index in [1.807, 2.05) is 0 Å². The van der Waals surface area contributed by atoms with Gasteiger partial charge in [0.2, 0.25) is 5.75 Å². The normalized spacial score (nSPS) is 27.0. The smallest absolute Gasteiger partial charge is 0.342 e. The molecule has 1 saturated heterocycles. The Labute approximate surface area is 133 Å². The van der Waals surface area contributed by atoms with Crippen molar-refractivity contribution in [3.8, 4) is 17.2 Å². The lowest BCUT2D eigenvalue weighted by Crippen LogP contribution is -2.29. The average molecular weight is 324 g/mol. The van der Waals surface area contributed by atoms with Gasteiger partial charge in [-0.25, -0.2) is 4.79 Å². The maximum Gasteiger partial charge on any atom is 0.342 e. The molecule has 23 heavy (non-hydrogen) atoms. The Kier molecular flexibility index (Phi) is 4.08. The van der Waals surface area contributed by atoms with Crippen LogP contribution in [0.3, 0.4) is 0 Å². The molecule has 0 radical (unpaired) electrons. The molecule has 4 atom stereocenters. The number of fused-ring (bicyclic) bond motifs is 3. The molecule has 3 rings (SSSR count). The molecule has 0 aromatic heterocycles. The van der Waals surface area contributed by atoms with E-state index >= 15 is 0 Å². The summed E-state index contributed by atoms with van der Waals surface area (Å²) < 4.78 is 21.7. The van der Waals surface area contributed by atoms with Crippen LogP contribution in [0.25, 0.3) is 0 Å². The van der Waals surface area contributed by atoms with E-state index in [1.54, 1.807) is 13.0 Å². The van der Waals surface area contributed by atoms with Crippen LogP contribution in [0.1, 0.15) is 41.8 Å². The maximum atomic E-state index is 12.3. The van der Waals surface area contributed by atoms with Crippen LogP contribution in [0, 0.1) is 0 Å². The molecule has 1 fully saturated rings. The number of aromatic hydroxyl groups is 1. The second kappa shape index (κ2) is 5.90. The molecule has 7 nitrogen and oxygen atoms in total. The number of benzene rings is 1. The molecule has 2 N–H and O–H groups in total. The minimum absolute atomic E-state index is 0.0431. The number of hydrogen-bond donors (Lipinski definition) is 2. The molecule has 2 heterocycles. The van der Waals surface area contributed by atoms with Gasteiger partial charge in [-0.05, 0) is 19.4 Å². The molecular formula is C16H20O7. The van der Waals surface area contributed by atoms with Crippen LogP contribution in [0.4, 0.5) is 0 Å². The first kappa shape index (κ1) is 15.9. The molecule has 1 aromatic rings. The van der Waals surface area contributed by atoms with E-state index in [-0.39, 0.29) is 23.2 Å². The molecule has 0 spiro atoms. The number of methoxy groups -OCH3 is 2. The van der Waals surface area contributed by atoms with E-state index in [2.05, 4.69) is 0 Å². The largest absolute Gasteiger partial charge is 0.504 e. The number of carbonyl (C=O) groups excluding carboxylic acids is 1. The van der Waals surface area contributed by atoms with Gasteiger partial charge in [-0.1, -0.05) is 0 Å². The third-order valence-corrected chi connectivity index (χ3v) is 4.22. The van der Waals surface area contributed by atoms with Gasteiger partial charge in [0.25, 0.3) is 0 Å². The van der Waals surface area contributed by atoms with Crippen molar-refractivity contribution < 1.29 is 34.0 Å². The van der Waals surface area contributed by atoms with Crippen LogP contribution in [-0.2, 0) is 9.47 Å². The number of aliphatic hydroxyl groups is 1. The summed E-state index contributed by atoms with van der Waals surface area (Å²) in [6.07, 6.45) is -0.670. The molecule has 2 aliphatic rings. The second-order valence-electron chi connectivity index (χ2n) is 5.87. The van der Waals surface area contributed by atoms with E-state index < -0.39 is 24.3 Å². The lowest BCUT2D eigenvalue weighted by molar-refractivity contribution is -0.0294. The molecule has 0 saturated carbocycles. The molecule has 7 heteroatoms. The Bertz CT molecular complexity index is 625. The molecule has 0 bridgehead atoms. The summed E-state index contributed by atoms with van der Waals surface area (Å²) in [5.74, 6) is -0.520. The zero-order chi connectivity index (χ0) is 16.7. The first-order valence-corrected chi connectivity index (χ1v) is 7.48. The van der Waals surface area contributed by atoms with Crippen molar-refractivity contribution >= 4 is 5.97 Å². The number of carbonyl (C=O) groups is 1. The van der Waals surface area contributed by atoms with E-state index in [9.17, 15) is 15.0 Å². The van der Waals surface area contributed by atoms with Crippen molar-refractivity contribution in [2.45, 2.75) is 44.2 Å². The number of rotatable bonds is 4. The summed E-state index contributed by atoms with van der Waals surface area (Å²) in [7, 11) is 2.83. The molecule has 0 aliphatic carbocycles. The first-order chi connectivity index (χ1) is 11.0. The molecular weight excluding hydrogens is 304 g/mol. The Morgan fingerprint density at radius 3 is 2.74 bits per heavy atom. The molecule has 126 valence electrons. The van der Waals surface area contributed by atoms with Crippen molar-refractivity contribution in [3.05, 3.63) is 17.2 Å². The Hall–Kier alpha value is -1.99. The van der Waals surface area contributed by atoms with Gasteiger partial charge in [-0.3, -0.25) is 0 Å². The van der Waals surface area contributed by atoms with Gasteiger partial charge in [0.1, 0.15) is 17.8 Å². The summed E-state index contributed by atoms with van der Waals surface area (Å²) >= 11 is 0. The van der Waals surface area contributed by atoms with Crippen molar-refractivity contribution in [1.82, 2.24) is 0 Å². The minimum atomic E-state index is -0.610. The molecule has 1 aromatic carbocycles. The highest BCUT2D eigenvalue weighted by molar-refractivity contribution is 5.97. The molecule has 0 unspecified atom stereocenters. The van der Waals surface area contributed by atoms with Crippen LogP contribution in [-0.4, -0.2) is 48.7 Å². The fourth-order valence-corrected chi connectivity index (χ4v) is 3.28. The Morgan fingerprint density at radius 2 is 2.13 bits per heavy atom. The highest BCUT2D eigenvalue weighted by atomic mass is 16.6. The van der Waals surface area contributed by atoms with Gasteiger partial charge < -0.3 is 29.2 Å². The highest BCUT2D eigenvalue weighted by Gasteiger charge is 2.46. The summed E-state index contributed by atoms with van der Waals surface area (Å²) in [5, 5.41) is 19.9. The first-order valence-electron chi connectivity index (χ1n) is 7.48.